The Bertz CT molecular complexity index is 808. The van der Waals surface area contributed by atoms with Gasteiger partial charge in [-0.25, -0.2) is 4.98 Å². The van der Waals surface area contributed by atoms with E-state index in [1.807, 2.05) is 23.1 Å². The fraction of sp³-hybridized carbons (Fsp3) is 0.500. The zero-order chi connectivity index (χ0) is 16.5. The Kier molecular flexibility index (Phi) is 4.06. The van der Waals surface area contributed by atoms with Crippen molar-refractivity contribution >= 4 is 16.8 Å². The lowest BCUT2D eigenvalue weighted by Gasteiger charge is -2.31. The van der Waals surface area contributed by atoms with Crippen LogP contribution >= 0.6 is 0 Å². The first-order valence-corrected chi connectivity index (χ1v) is 8.68. The Morgan fingerprint density at radius 3 is 2.75 bits per heavy atom. The molecule has 2 aromatic rings. The van der Waals surface area contributed by atoms with Crippen LogP contribution in [0.5, 0.6) is 0 Å². The number of piperidine rings is 1. The lowest BCUT2D eigenvalue weighted by atomic mass is 10.0. The Balaban J connectivity index is 1.47. The molecule has 0 spiro atoms. The molecule has 0 unspecified atom stereocenters. The average molecular weight is 326 g/mol. The second-order valence-electron chi connectivity index (χ2n) is 6.67. The topological polar surface area (TPSA) is 58.4 Å². The zero-order valence-electron chi connectivity index (χ0n) is 13.7. The molecule has 3 aliphatic heterocycles. The normalized spacial score (nSPS) is 23.4. The van der Waals surface area contributed by atoms with Crippen LogP contribution in [0, 0.1) is 0 Å². The van der Waals surface area contributed by atoms with Gasteiger partial charge in [0.1, 0.15) is 0 Å². The van der Waals surface area contributed by atoms with Crippen molar-refractivity contribution in [3.8, 4) is 0 Å². The molecule has 2 bridgehead atoms. The molecule has 6 heteroatoms. The summed E-state index contributed by atoms with van der Waals surface area (Å²) in [6.45, 7) is 4.38. The molecule has 0 radical (unpaired) electrons. The van der Waals surface area contributed by atoms with Crippen molar-refractivity contribution in [2.24, 2.45) is 0 Å². The average Bonchev–Trinajstić information content (AvgIpc) is 2.95. The van der Waals surface area contributed by atoms with E-state index in [-0.39, 0.29) is 11.5 Å². The van der Waals surface area contributed by atoms with Crippen molar-refractivity contribution in [1.82, 2.24) is 19.4 Å². The first kappa shape index (κ1) is 15.3. The summed E-state index contributed by atoms with van der Waals surface area (Å²) in [7, 11) is 0. The molecule has 0 saturated carbocycles. The van der Waals surface area contributed by atoms with Crippen LogP contribution < -0.4 is 5.56 Å². The van der Waals surface area contributed by atoms with Crippen LogP contribution in [-0.4, -0.2) is 57.5 Å². The Morgan fingerprint density at radius 2 is 1.92 bits per heavy atom. The molecule has 1 aromatic carbocycles. The van der Waals surface area contributed by atoms with Crippen LogP contribution in [0.2, 0.25) is 0 Å². The van der Waals surface area contributed by atoms with Gasteiger partial charge in [0.15, 0.2) is 0 Å². The highest BCUT2D eigenvalue weighted by Crippen LogP contribution is 2.21. The fourth-order valence-corrected chi connectivity index (χ4v) is 3.84. The number of hydrogen-bond donors (Lipinski definition) is 0. The molecule has 5 rings (SSSR count). The Morgan fingerprint density at radius 1 is 1.12 bits per heavy atom. The monoisotopic (exact) mass is 326 g/mol. The third-order valence-electron chi connectivity index (χ3n) is 5.27. The van der Waals surface area contributed by atoms with Gasteiger partial charge in [-0.2, -0.15) is 0 Å². The van der Waals surface area contributed by atoms with E-state index in [9.17, 15) is 9.59 Å². The summed E-state index contributed by atoms with van der Waals surface area (Å²) in [4.78, 5) is 33.9. The van der Waals surface area contributed by atoms with Crippen molar-refractivity contribution in [1.29, 1.82) is 0 Å². The summed E-state index contributed by atoms with van der Waals surface area (Å²) in [6.07, 6.45) is 4.06. The first-order chi connectivity index (χ1) is 11.7. The summed E-state index contributed by atoms with van der Waals surface area (Å²) in [6, 6.07) is 7.69. The van der Waals surface area contributed by atoms with Crippen molar-refractivity contribution in [2.75, 3.05) is 26.2 Å². The van der Waals surface area contributed by atoms with Gasteiger partial charge in [0.25, 0.3) is 5.56 Å². The van der Waals surface area contributed by atoms with Gasteiger partial charge >= 0.3 is 0 Å². The van der Waals surface area contributed by atoms with Crippen molar-refractivity contribution in [3.63, 3.8) is 0 Å². The number of para-hydroxylation sites is 1. The maximum absolute atomic E-state index is 12.7. The second kappa shape index (κ2) is 6.36. The zero-order valence-corrected chi connectivity index (χ0v) is 13.7. The molecule has 4 heterocycles. The third-order valence-corrected chi connectivity index (χ3v) is 5.27. The van der Waals surface area contributed by atoms with Crippen LogP contribution in [0.25, 0.3) is 10.9 Å². The molecule has 0 N–H and O–H groups in total. The van der Waals surface area contributed by atoms with Crippen molar-refractivity contribution in [3.05, 3.63) is 40.9 Å². The lowest BCUT2D eigenvalue weighted by molar-refractivity contribution is -0.133. The minimum Gasteiger partial charge on any atom is -0.338 e. The maximum Gasteiger partial charge on any atom is 0.261 e. The van der Waals surface area contributed by atoms with Gasteiger partial charge in [-0.05, 0) is 25.0 Å². The van der Waals surface area contributed by atoms with E-state index >= 15 is 0 Å². The number of rotatable bonds is 3. The number of nitrogens with zero attached hydrogens (tertiary/aromatic N) is 4. The highest BCUT2D eigenvalue weighted by molar-refractivity contribution is 5.78. The van der Waals surface area contributed by atoms with Gasteiger partial charge in [-0.15, -0.1) is 0 Å². The maximum atomic E-state index is 12.7. The van der Waals surface area contributed by atoms with Gasteiger partial charge < -0.3 is 9.80 Å². The number of aromatic nitrogens is 2. The minimum atomic E-state index is -0.0729. The van der Waals surface area contributed by atoms with Crippen LogP contribution in [-0.2, 0) is 11.3 Å². The number of benzene rings is 1. The van der Waals surface area contributed by atoms with Crippen LogP contribution in [0.3, 0.4) is 0 Å². The number of aryl methyl sites for hydroxylation is 1. The number of hydrogen-bond acceptors (Lipinski definition) is 4. The second-order valence-corrected chi connectivity index (χ2v) is 6.67. The fourth-order valence-electron chi connectivity index (χ4n) is 3.84. The summed E-state index contributed by atoms with van der Waals surface area (Å²) < 4.78 is 1.55. The Hall–Kier alpha value is -2.21. The molecule has 3 aliphatic rings. The molecular formula is C18H22N4O2. The van der Waals surface area contributed by atoms with E-state index in [2.05, 4.69) is 9.88 Å². The first-order valence-electron chi connectivity index (χ1n) is 8.68. The van der Waals surface area contributed by atoms with Crippen LogP contribution in [0.4, 0.5) is 0 Å². The summed E-state index contributed by atoms with van der Waals surface area (Å²) >= 11 is 0. The molecule has 0 aliphatic carbocycles. The van der Waals surface area contributed by atoms with E-state index in [0.29, 0.717) is 29.9 Å². The molecular weight excluding hydrogens is 304 g/mol. The van der Waals surface area contributed by atoms with E-state index < -0.39 is 0 Å². The molecule has 3 saturated heterocycles. The van der Waals surface area contributed by atoms with E-state index in [1.165, 1.54) is 0 Å². The predicted molar refractivity (Wildman–Crippen MR) is 91.8 cm³/mol. The predicted octanol–water partition coefficient (Wildman–Crippen LogP) is 1.09. The van der Waals surface area contributed by atoms with E-state index in [0.717, 1.165) is 39.0 Å². The molecule has 1 aromatic heterocycles. The van der Waals surface area contributed by atoms with Crippen LogP contribution in [0.15, 0.2) is 35.4 Å². The molecule has 6 nitrogen and oxygen atoms in total. The highest BCUT2D eigenvalue weighted by atomic mass is 16.2. The molecule has 126 valence electrons. The van der Waals surface area contributed by atoms with Crippen LogP contribution in [0.1, 0.15) is 19.3 Å². The number of carbonyl (C=O) groups excluding carboxylic acids is 1. The van der Waals surface area contributed by atoms with Gasteiger partial charge in [-0.3, -0.25) is 14.2 Å². The van der Waals surface area contributed by atoms with Gasteiger partial charge in [0.2, 0.25) is 5.91 Å². The quantitative estimate of drug-likeness (QED) is 0.847. The minimum absolute atomic E-state index is 0.0729. The number of fused-ring (bicyclic) bond motifs is 5. The third kappa shape index (κ3) is 2.82. The van der Waals surface area contributed by atoms with Gasteiger partial charge in [0.05, 0.1) is 17.2 Å². The van der Waals surface area contributed by atoms with Gasteiger partial charge in [0, 0.05) is 45.2 Å². The molecule has 3 fully saturated rings. The molecule has 1 amide bonds. The summed E-state index contributed by atoms with van der Waals surface area (Å²) in [5.74, 6) is 0.156. The van der Waals surface area contributed by atoms with E-state index in [1.54, 1.807) is 17.0 Å². The molecule has 0 atom stereocenters. The largest absolute Gasteiger partial charge is 0.338 e. The van der Waals surface area contributed by atoms with Crippen molar-refractivity contribution in [2.45, 2.75) is 31.8 Å². The summed E-state index contributed by atoms with van der Waals surface area (Å²) in [5, 5.41) is 0.605. The SMILES string of the molecule is O=C(CCn1cnc2ccccc2c1=O)N1CCN2CCC1CC2. The van der Waals surface area contributed by atoms with Gasteiger partial charge in [-0.1, -0.05) is 12.1 Å². The van der Waals surface area contributed by atoms with Crippen molar-refractivity contribution < 1.29 is 4.79 Å². The highest BCUT2D eigenvalue weighted by Gasteiger charge is 2.31. The van der Waals surface area contributed by atoms with E-state index in [4.69, 9.17) is 0 Å². The Labute approximate surface area is 140 Å². The smallest absolute Gasteiger partial charge is 0.261 e. The molecule has 24 heavy (non-hydrogen) atoms. The lowest BCUT2D eigenvalue weighted by Crippen LogP contribution is -2.42. The summed E-state index contributed by atoms with van der Waals surface area (Å²) in [5.41, 5.74) is 0.625. The standard InChI is InChI=1S/C18H22N4O2/c23-17(22-12-11-20-8-5-14(22)6-9-20)7-10-21-13-19-16-4-2-1-3-15(16)18(21)24/h1-4,13-14H,5-12H2. The number of carbonyl (C=O) groups is 1. The number of amides is 1.